The Morgan fingerprint density at radius 1 is 1.38 bits per heavy atom. The van der Waals surface area contributed by atoms with Crippen molar-refractivity contribution in [2.75, 3.05) is 19.6 Å². The summed E-state index contributed by atoms with van der Waals surface area (Å²) >= 11 is 0. The van der Waals surface area contributed by atoms with E-state index in [1.54, 1.807) is 0 Å². The van der Waals surface area contributed by atoms with Gasteiger partial charge in [-0.2, -0.15) is 0 Å². The molecule has 1 saturated heterocycles. The van der Waals surface area contributed by atoms with Gasteiger partial charge in [0, 0.05) is 13.1 Å². The predicted octanol–water partition coefficient (Wildman–Crippen LogP) is 1.35. The number of hydrogen-bond acceptors (Lipinski definition) is 1. The van der Waals surface area contributed by atoms with Gasteiger partial charge in [0.25, 0.3) is 0 Å². The summed E-state index contributed by atoms with van der Waals surface area (Å²) in [5, 5.41) is 0. The quantitative estimate of drug-likeness (QED) is 0.499. The molecule has 0 bridgehead atoms. The SMILES string of the molecule is CC(C)CCN1CC1. The molecule has 0 aromatic carbocycles. The number of nitrogens with zero attached hydrogens (tertiary/aromatic N) is 1. The standard InChI is InChI=1S/C7H15N/c1-7(2)3-4-8-5-6-8/h7H,3-6H2,1-2H3. The van der Waals surface area contributed by atoms with E-state index in [9.17, 15) is 0 Å². The topological polar surface area (TPSA) is 3.01 Å². The molecule has 0 spiro atoms. The molecular weight excluding hydrogens is 98.1 g/mol. The van der Waals surface area contributed by atoms with Crippen molar-refractivity contribution in [1.29, 1.82) is 0 Å². The van der Waals surface area contributed by atoms with Gasteiger partial charge < -0.3 is 4.90 Å². The lowest BCUT2D eigenvalue weighted by Gasteiger charge is -2.02. The molecule has 1 rings (SSSR count). The fourth-order valence-corrected chi connectivity index (χ4v) is 0.735. The minimum absolute atomic E-state index is 0.885. The van der Waals surface area contributed by atoms with Gasteiger partial charge in [-0.05, 0) is 18.9 Å². The molecule has 0 radical (unpaired) electrons. The van der Waals surface area contributed by atoms with Crippen LogP contribution in [0, 0.1) is 5.92 Å². The Morgan fingerprint density at radius 2 is 2.00 bits per heavy atom. The molecule has 0 N–H and O–H groups in total. The lowest BCUT2D eigenvalue weighted by atomic mass is 10.1. The Hall–Kier alpha value is -0.0400. The van der Waals surface area contributed by atoms with Crippen LogP contribution in [-0.2, 0) is 0 Å². The molecule has 0 saturated carbocycles. The molecule has 1 nitrogen and oxygen atoms in total. The van der Waals surface area contributed by atoms with E-state index in [0.29, 0.717) is 0 Å². The van der Waals surface area contributed by atoms with Gasteiger partial charge in [0.1, 0.15) is 0 Å². The summed E-state index contributed by atoms with van der Waals surface area (Å²) in [6.07, 6.45) is 1.38. The second kappa shape index (κ2) is 2.49. The van der Waals surface area contributed by atoms with Crippen molar-refractivity contribution in [2.24, 2.45) is 5.92 Å². The molecule has 48 valence electrons. The first-order chi connectivity index (χ1) is 3.79. The first kappa shape index (κ1) is 6.09. The van der Waals surface area contributed by atoms with E-state index in [1.165, 1.54) is 26.1 Å². The molecule has 8 heavy (non-hydrogen) atoms. The third-order valence-corrected chi connectivity index (χ3v) is 1.56. The maximum absolute atomic E-state index is 2.47. The molecule has 0 aromatic heterocycles. The van der Waals surface area contributed by atoms with Crippen molar-refractivity contribution in [3.05, 3.63) is 0 Å². The summed E-state index contributed by atoms with van der Waals surface area (Å²) in [5.74, 6) is 0.885. The first-order valence-electron chi connectivity index (χ1n) is 3.51. The highest BCUT2D eigenvalue weighted by atomic mass is 15.2. The van der Waals surface area contributed by atoms with Crippen molar-refractivity contribution >= 4 is 0 Å². The average molecular weight is 113 g/mol. The number of rotatable bonds is 3. The Kier molecular flexibility index (Phi) is 1.90. The third-order valence-electron chi connectivity index (χ3n) is 1.56. The maximum Gasteiger partial charge on any atom is 0.0110 e. The first-order valence-corrected chi connectivity index (χ1v) is 3.51. The Morgan fingerprint density at radius 3 is 2.38 bits per heavy atom. The monoisotopic (exact) mass is 113 g/mol. The molecule has 0 aromatic rings. The largest absolute Gasteiger partial charge is 0.301 e. The Bertz CT molecular complexity index is 62.8. The minimum Gasteiger partial charge on any atom is -0.301 e. The Balaban J connectivity index is 1.87. The summed E-state index contributed by atoms with van der Waals surface area (Å²) in [5.41, 5.74) is 0. The van der Waals surface area contributed by atoms with E-state index in [-0.39, 0.29) is 0 Å². The van der Waals surface area contributed by atoms with Gasteiger partial charge in [0.2, 0.25) is 0 Å². The van der Waals surface area contributed by atoms with Crippen LogP contribution in [0.1, 0.15) is 20.3 Å². The zero-order chi connectivity index (χ0) is 5.98. The van der Waals surface area contributed by atoms with Crippen LogP contribution in [0.4, 0.5) is 0 Å². The molecule has 1 fully saturated rings. The highest BCUT2D eigenvalue weighted by Crippen LogP contribution is 2.07. The summed E-state index contributed by atoms with van der Waals surface area (Å²) in [4.78, 5) is 2.47. The van der Waals surface area contributed by atoms with Crippen molar-refractivity contribution in [3.8, 4) is 0 Å². The highest BCUT2D eigenvalue weighted by Gasteiger charge is 2.15. The molecule has 0 unspecified atom stereocenters. The van der Waals surface area contributed by atoms with Crippen LogP contribution in [0.2, 0.25) is 0 Å². The zero-order valence-electron chi connectivity index (χ0n) is 5.85. The normalized spacial score (nSPS) is 19.9. The van der Waals surface area contributed by atoms with Crippen LogP contribution in [-0.4, -0.2) is 24.5 Å². The van der Waals surface area contributed by atoms with Crippen LogP contribution >= 0.6 is 0 Å². The van der Waals surface area contributed by atoms with Gasteiger partial charge in [-0.1, -0.05) is 13.8 Å². The number of hydrogen-bond donors (Lipinski definition) is 0. The van der Waals surface area contributed by atoms with E-state index in [1.807, 2.05) is 0 Å². The van der Waals surface area contributed by atoms with Crippen LogP contribution in [0.3, 0.4) is 0 Å². The summed E-state index contributed by atoms with van der Waals surface area (Å²) in [6, 6.07) is 0. The van der Waals surface area contributed by atoms with Gasteiger partial charge in [-0.3, -0.25) is 0 Å². The van der Waals surface area contributed by atoms with E-state index in [4.69, 9.17) is 0 Å². The van der Waals surface area contributed by atoms with E-state index in [2.05, 4.69) is 18.7 Å². The predicted molar refractivity (Wildman–Crippen MR) is 35.9 cm³/mol. The van der Waals surface area contributed by atoms with Crippen LogP contribution in [0.5, 0.6) is 0 Å². The molecular formula is C7H15N. The van der Waals surface area contributed by atoms with Gasteiger partial charge in [0.15, 0.2) is 0 Å². The second-order valence-corrected chi connectivity index (χ2v) is 3.02. The average Bonchev–Trinajstić information content (AvgIpc) is 2.41. The molecule has 1 aliphatic rings. The van der Waals surface area contributed by atoms with Crippen LogP contribution in [0.25, 0.3) is 0 Å². The van der Waals surface area contributed by atoms with Crippen molar-refractivity contribution < 1.29 is 0 Å². The van der Waals surface area contributed by atoms with Gasteiger partial charge in [0.05, 0.1) is 0 Å². The molecule has 0 aliphatic carbocycles. The maximum atomic E-state index is 2.47. The minimum atomic E-state index is 0.885. The zero-order valence-corrected chi connectivity index (χ0v) is 5.85. The fraction of sp³-hybridized carbons (Fsp3) is 1.00. The van der Waals surface area contributed by atoms with Crippen LogP contribution in [0.15, 0.2) is 0 Å². The lowest BCUT2D eigenvalue weighted by Crippen LogP contribution is -2.02. The summed E-state index contributed by atoms with van der Waals surface area (Å²) < 4.78 is 0. The molecule has 1 heterocycles. The molecule has 1 heteroatoms. The van der Waals surface area contributed by atoms with E-state index < -0.39 is 0 Å². The van der Waals surface area contributed by atoms with Gasteiger partial charge in [-0.15, -0.1) is 0 Å². The van der Waals surface area contributed by atoms with Crippen LogP contribution < -0.4 is 0 Å². The van der Waals surface area contributed by atoms with Gasteiger partial charge >= 0.3 is 0 Å². The smallest absolute Gasteiger partial charge is 0.0110 e. The summed E-state index contributed by atoms with van der Waals surface area (Å²) in [6.45, 7) is 8.60. The van der Waals surface area contributed by atoms with Crippen molar-refractivity contribution in [2.45, 2.75) is 20.3 Å². The summed E-state index contributed by atoms with van der Waals surface area (Å²) in [7, 11) is 0. The lowest BCUT2D eigenvalue weighted by molar-refractivity contribution is 0.467. The highest BCUT2D eigenvalue weighted by molar-refractivity contribution is 4.71. The van der Waals surface area contributed by atoms with E-state index in [0.717, 1.165) is 5.92 Å². The second-order valence-electron chi connectivity index (χ2n) is 3.02. The fourth-order valence-electron chi connectivity index (χ4n) is 0.735. The Labute approximate surface area is 51.7 Å². The molecule has 1 aliphatic heterocycles. The van der Waals surface area contributed by atoms with Crippen molar-refractivity contribution in [1.82, 2.24) is 4.90 Å². The van der Waals surface area contributed by atoms with Gasteiger partial charge in [-0.25, -0.2) is 0 Å². The molecule has 0 atom stereocenters. The third kappa shape index (κ3) is 2.31. The molecule has 0 amide bonds. The van der Waals surface area contributed by atoms with Crippen molar-refractivity contribution in [3.63, 3.8) is 0 Å². The van der Waals surface area contributed by atoms with E-state index >= 15 is 0 Å².